The van der Waals surface area contributed by atoms with Gasteiger partial charge >= 0.3 is 0 Å². The molecule has 124 valence electrons. The number of rotatable bonds is 4. The summed E-state index contributed by atoms with van der Waals surface area (Å²) < 4.78 is 1.63. The predicted molar refractivity (Wildman–Crippen MR) is 93.8 cm³/mol. The van der Waals surface area contributed by atoms with E-state index in [1.807, 2.05) is 18.2 Å². The second-order valence-corrected chi connectivity index (χ2v) is 4.83. The van der Waals surface area contributed by atoms with Crippen LogP contribution in [-0.2, 0) is 0 Å². The first-order valence-corrected chi connectivity index (χ1v) is 6.97. The van der Waals surface area contributed by atoms with E-state index in [4.69, 9.17) is 0 Å². The molecule has 1 aliphatic heterocycles. The van der Waals surface area contributed by atoms with E-state index in [9.17, 15) is 4.79 Å². The van der Waals surface area contributed by atoms with Crippen LogP contribution in [0.15, 0.2) is 48.3 Å². The number of carbonyl (C=O) groups excluding carboxylic acids is 1. The Balaban J connectivity index is 0.00000132. The Kier molecular flexibility index (Phi) is 7.74. The highest BCUT2D eigenvalue weighted by atomic mass is 35.5. The van der Waals surface area contributed by atoms with Gasteiger partial charge in [0.1, 0.15) is 5.69 Å². The lowest BCUT2D eigenvalue weighted by molar-refractivity contribution is 0.0951. The number of aromatic nitrogens is 3. The molecule has 0 bridgehead atoms. The number of nitrogens with one attached hydrogen (secondary N) is 2. The van der Waals surface area contributed by atoms with Gasteiger partial charge in [-0.15, -0.1) is 24.8 Å². The molecule has 3 heterocycles. The van der Waals surface area contributed by atoms with E-state index in [0.29, 0.717) is 18.1 Å². The third-order valence-electron chi connectivity index (χ3n) is 3.34. The number of hydrogen-bond donors (Lipinski definition) is 2. The summed E-state index contributed by atoms with van der Waals surface area (Å²) in [5.74, 6) is 0.470. The lowest BCUT2D eigenvalue weighted by atomic mass is 10.1. The van der Waals surface area contributed by atoms with Crippen molar-refractivity contribution in [2.75, 3.05) is 19.6 Å². The smallest absolute Gasteiger partial charge is 0.270 e. The van der Waals surface area contributed by atoms with Crippen LogP contribution in [0.5, 0.6) is 0 Å². The van der Waals surface area contributed by atoms with E-state index in [0.717, 1.165) is 19.5 Å². The fourth-order valence-electron chi connectivity index (χ4n) is 2.20. The van der Waals surface area contributed by atoms with Crippen molar-refractivity contribution in [2.45, 2.75) is 6.42 Å². The minimum Gasteiger partial charge on any atom is -0.347 e. The zero-order chi connectivity index (χ0) is 14.5. The van der Waals surface area contributed by atoms with Gasteiger partial charge in [-0.05, 0) is 31.2 Å². The van der Waals surface area contributed by atoms with Crippen LogP contribution in [0.25, 0.3) is 5.82 Å². The third kappa shape index (κ3) is 5.06. The topological polar surface area (TPSA) is 71.8 Å². The molecule has 0 saturated carbocycles. The highest BCUT2D eigenvalue weighted by Crippen LogP contribution is 2.06. The van der Waals surface area contributed by atoms with E-state index < -0.39 is 0 Å². The van der Waals surface area contributed by atoms with Crippen molar-refractivity contribution in [3.05, 3.63) is 54.0 Å². The summed E-state index contributed by atoms with van der Waals surface area (Å²) in [5, 5.41) is 10.3. The van der Waals surface area contributed by atoms with Crippen LogP contribution >= 0.6 is 24.8 Å². The first-order valence-electron chi connectivity index (χ1n) is 6.97. The molecule has 1 aliphatic rings. The molecular formula is C15H19Cl2N5O. The van der Waals surface area contributed by atoms with Gasteiger partial charge in [-0.2, -0.15) is 5.10 Å². The van der Waals surface area contributed by atoms with Gasteiger partial charge in [0.25, 0.3) is 5.91 Å². The summed E-state index contributed by atoms with van der Waals surface area (Å²) in [7, 11) is 0. The Labute approximate surface area is 147 Å². The lowest BCUT2D eigenvalue weighted by Gasteiger charge is -2.14. The van der Waals surface area contributed by atoms with Crippen molar-refractivity contribution in [2.24, 2.45) is 0 Å². The molecule has 0 aromatic carbocycles. The Morgan fingerprint density at radius 3 is 2.87 bits per heavy atom. The third-order valence-corrected chi connectivity index (χ3v) is 3.34. The van der Waals surface area contributed by atoms with Gasteiger partial charge in [0.15, 0.2) is 5.82 Å². The zero-order valence-corrected chi connectivity index (χ0v) is 14.1. The summed E-state index contributed by atoms with van der Waals surface area (Å²) >= 11 is 0. The molecule has 0 fully saturated rings. The Bertz CT molecular complexity index is 658. The highest BCUT2D eigenvalue weighted by molar-refractivity contribution is 5.92. The van der Waals surface area contributed by atoms with Gasteiger partial charge in [0, 0.05) is 25.5 Å². The fourth-order valence-corrected chi connectivity index (χ4v) is 2.20. The average Bonchev–Trinajstić information content (AvgIpc) is 3.08. The summed E-state index contributed by atoms with van der Waals surface area (Å²) in [4.78, 5) is 16.5. The van der Waals surface area contributed by atoms with Crippen molar-refractivity contribution in [1.29, 1.82) is 0 Å². The number of carbonyl (C=O) groups is 1. The monoisotopic (exact) mass is 355 g/mol. The number of hydrogen-bond acceptors (Lipinski definition) is 4. The largest absolute Gasteiger partial charge is 0.347 e. The van der Waals surface area contributed by atoms with E-state index in [-0.39, 0.29) is 30.7 Å². The minimum absolute atomic E-state index is 0. The fraction of sp³-hybridized carbons (Fsp3) is 0.267. The molecule has 8 heteroatoms. The van der Waals surface area contributed by atoms with Gasteiger partial charge < -0.3 is 10.6 Å². The standard InChI is InChI=1S/C15H17N5O.2ClH/c21-15(17-11-12-5-8-16-9-6-12)13-3-1-4-14(19-13)20-10-2-7-18-20;;/h1-5,7,10,16H,6,8-9,11H2,(H,17,21);2*1H. The molecule has 6 nitrogen and oxygen atoms in total. The average molecular weight is 356 g/mol. The molecule has 0 radical (unpaired) electrons. The molecule has 0 unspecified atom stereocenters. The van der Waals surface area contributed by atoms with E-state index >= 15 is 0 Å². The molecule has 23 heavy (non-hydrogen) atoms. The Hall–Kier alpha value is -1.89. The first kappa shape index (κ1) is 19.2. The molecule has 2 aromatic rings. The number of pyridine rings is 1. The first-order chi connectivity index (χ1) is 10.3. The van der Waals surface area contributed by atoms with Crippen molar-refractivity contribution in [3.8, 4) is 5.82 Å². The summed E-state index contributed by atoms with van der Waals surface area (Å²) in [6.07, 6.45) is 6.57. The molecule has 2 N–H and O–H groups in total. The molecule has 3 rings (SSSR count). The Morgan fingerprint density at radius 2 is 2.17 bits per heavy atom. The van der Waals surface area contributed by atoms with E-state index in [2.05, 4.69) is 26.8 Å². The quantitative estimate of drug-likeness (QED) is 0.819. The lowest BCUT2D eigenvalue weighted by Crippen LogP contribution is -2.30. The van der Waals surface area contributed by atoms with E-state index in [1.165, 1.54) is 5.57 Å². The maximum atomic E-state index is 12.2. The molecule has 0 saturated heterocycles. The van der Waals surface area contributed by atoms with Crippen LogP contribution in [0.2, 0.25) is 0 Å². The summed E-state index contributed by atoms with van der Waals surface area (Å²) in [5.41, 5.74) is 1.66. The van der Waals surface area contributed by atoms with E-state index in [1.54, 1.807) is 23.1 Å². The molecule has 2 aromatic heterocycles. The second kappa shape index (κ2) is 9.29. The maximum absolute atomic E-state index is 12.2. The summed E-state index contributed by atoms with van der Waals surface area (Å²) in [6, 6.07) is 7.15. The number of amides is 1. The van der Waals surface area contributed by atoms with Crippen molar-refractivity contribution < 1.29 is 4.79 Å². The zero-order valence-electron chi connectivity index (χ0n) is 12.4. The summed E-state index contributed by atoms with van der Waals surface area (Å²) in [6.45, 7) is 2.42. The maximum Gasteiger partial charge on any atom is 0.270 e. The van der Waals surface area contributed by atoms with Gasteiger partial charge in [-0.25, -0.2) is 9.67 Å². The molecule has 0 spiro atoms. The molecular weight excluding hydrogens is 337 g/mol. The van der Waals surface area contributed by atoms with Gasteiger partial charge in [0.05, 0.1) is 0 Å². The normalized spacial score (nSPS) is 13.3. The SMILES string of the molecule is Cl.Cl.O=C(NCC1=CCNCC1)c1cccc(-n2cccn2)n1. The second-order valence-electron chi connectivity index (χ2n) is 4.83. The van der Waals surface area contributed by atoms with Gasteiger partial charge in [0.2, 0.25) is 0 Å². The van der Waals surface area contributed by atoms with Crippen molar-refractivity contribution in [3.63, 3.8) is 0 Å². The van der Waals surface area contributed by atoms with Gasteiger partial charge in [-0.3, -0.25) is 4.79 Å². The van der Waals surface area contributed by atoms with Crippen LogP contribution in [0.3, 0.4) is 0 Å². The number of nitrogens with zero attached hydrogens (tertiary/aromatic N) is 3. The van der Waals surface area contributed by atoms with Crippen LogP contribution in [-0.4, -0.2) is 40.3 Å². The van der Waals surface area contributed by atoms with Crippen LogP contribution in [0, 0.1) is 0 Å². The van der Waals surface area contributed by atoms with Crippen LogP contribution in [0.1, 0.15) is 16.9 Å². The molecule has 0 aliphatic carbocycles. The highest BCUT2D eigenvalue weighted by Gasteiger charge is 2.10. The molecule has 1 amide bonds. The van der Waals surface area contributed by atoms with Crippen LogP contribution < -0.4 is 10.6 Å². The molecule has 0 atom stereocenters. The van der Waals surface area contributed by atoms with Crippen LogP contribution in [0.4, 0.5) is 0 Å². The van der Waals surface area contributed by atoms with Gasteiger partial charge in [-0.1, -0.05) is 17.7 Å². The predicted octanol–water partition coefficient (Wildman–Crippen LogP) is 1.76. The van der Waals surface area contributed by atoms with Crippen molar-refractivity contribution >= 4 is 30.7 Å². The van der Waals surface area contributed by atoms with Crippen molar-refractivity contribution in [1.82, 2.24) is 25.4 Å². The Morgan fingerprint density at radius 1 is 1.30 bits per heavy atom. The minimum atomic E-state index is -0.163. The number of halogens is 2.